The van der Waals surface area contributed by atoms with Gasteiger partial charge in [-0.3, -0.25) is 77.8 Å². The van der Waals surface area contributed by atoms with Gasteiger partial charge in [0.2, 0.25) is 41.4 Å². The van der Waals surface area contributed by atoms with Gasteiger partial charge in [0.1, 0.15) is 49.2 Å². The van der Waals surface area contributed by atoms with Crippen LogP contribution in [-0.2, 0) is 113 Å². The topological polar surface area (TPSA) is 621 Å². The number of hydrogen-bond donors (Lipinski definition) is 11. The van der Waals surface area contributed by atoms with E-state index in [1.807, 2.05) is 0 Å². The van der Waals surface area contributed by atoms with Gasteiger partial charge in [-0.15, -0.1) is 5.92 Å². The van der Waals surface area contributed by atoms with Gasteiger partial charge in [0, 0.05) is 131 Å². The van der Waals surface area contributed by atoms with Gasteiger partial charge in [-0.1, -0.05) is 64.3 Å². The number of primary amides is 2. The van der Waals surface area contributed by atoms with Crippen molar-refractivity contribution >= 4 is 118 Å². The summed E-state index contributed by atoms with van der Waals surface area (Å²) < 4.78 is 58.9. The number of esters is 2. The average Bonchev–Trinajstić information content (AvgIpc) is 0.856. The quantitative estimate of drug-likeness (QED) is 0.00403. The van der Waals surface area contributed by atoms with Crippen LogP contribution in [0.25, 0.3) is 0 Å². The smallest absolute Gasteiger partial charge is 0.469 e. The molecule has 4 aromatic rings. The zero-order chi connectivity index (χ0) is 99.0. The Bertz CT molecular complexity index is 4380. The molecular weight excluding hydrogens is 1770 g/mol. The number of hydrogen-bond acceptors (Lipinski definition) is 31. The first-order valence-corrected chi connectivity index (χ1v) is 44.2. The molecule has 0 radical (unpaired) electrons. The van der Waals surface area contributed by atoms with Crippen molar-refractivity contribution in [3.63, 3.8) is 0 Å². The lowest BCUT2D eigenvalue weighted by atomic mass is 9.88. The van der Waals surface area contributed by atoms with Crippen LogP contribution in [0.1, 0.15) is 161 Å². The predicted octanol–water partition coefficient (Wildman–Crippen LogP) is 7.00. The molecule has 1 aliphatic carbocycles. The lowest BCUT2D eigenvalue weighted by molar-refractivity contribution is -0.385. The number of Topliss-reactive ketones (excluding diaryl/α,β-unsaturated/α-hetero) is 3. The number of carbonyl (C=O) groups excluding carboxylic acids is 16. The predicted molar refractivity (Wildman–Crippen MR) is 482 cm³/mol. The summed E-state index contributed by atoms with van der Waals surface area (Å²) in [4.78, 5) is 233. The lowest BCUT2D eigenvalue weighted by Crippen LogP contribution is -2.53. The van der Waals surface area contributed by atoms with Crippen molar-refractivity contribution in [3.05, 3.63) is 128 Å². The van der Waals surface area contributed by atoms with Crippen molar-refractivity contribution in [2.24, 2.45) is 41.1 Å². The number of non-ortho nitro benzene ring substituents is 2. The van der Waals surface area contributed by atoms with E-state index in [0.717, 1.165) is 70.6 Å². The van der Waals surface area contributed by atoms with E-state index in [-0.39, 0.29) is 203 Å². The summed E-state index contributed by atoms with van der Waals surface area (Å²) in [6.07, 6.45) is -0.885. The van der Waals surface area contributed by atoms with E-state index in [1.54, 1.807) is 39.8 Å². The van der Waals surface area contributed by atoms with E-state index in [9.17, 15) is 96.9 Å². The number of ether oxygens (including phenoxy) is 11. The largest absolute Gasteiger partial charge is 0.514 e. The van der Waals surface area contributed by atoms with E-state index in [4.69, 9.17) is 63.6 Å². The summed E-state index contributed by atoms with van der Waals surface area (Å²) in [6.45, 7) is 5.18. The van der Waals surface area contributed by atoms with Crippen molar-refractivity contribution in [2.45, 2.75) is 193 Å². The third kappa shape index (κ3) is 47.0. The summed E-state index contributed by atoms with van der Waals surface area (Å²) in [6, 6.07) is 15.1. The Morgan fingerprint density at radius 2 is 0.911 bits per heavy atom. The highest BCUT2D eigenvalue weighted by atomic mass is 16.7. The normalized spacial score (nSPS) is 13.7. The zero-order valence-electron chi connectivity index (χ0n) is 76.6. The number of urea groups is 2. The number of amides is 11. The fourth-order valence-corrected chi connectivity index (χ4v) is 13.2. The maximum Gasteiger partial charge on any atom is 0.514 e. The Kier molecular flexibility index (Phi) is 52.0. The fraction of sp³-hybridized carbons (Fsp3) is 0.538. The Morgan fingerprint density at radius 1 is 0.459 bits per heavy atom. The molecule has 0 spiro atoms. The molecule has 0 saturated carbocycles. The third-order valence-corrected chi connectivity index (χ3v) is 20.6. The van der Waals surface area contributed by atoms with E-state index in [2.05, 4.69) is 59.7 Å². The number of nitrogens with one attached hydrogen (secondary N) is 9. The summed E-state index contributed by atoms with van der Waals surface area (Å²) in [5.41, 5.74) is 11.6. The highest BCUT2D eigenvalue weighted by Gasteiger charge is 2.36. The first kappa shape index (κ1) is 112. The molecular formula is C91H123N13O31. The van der Waals surface area contributed by atoms with Gasteiger partial charge in [-0.25, -0.2) is 19.2 Å². The number of ketones is 3. The molecule has 4 aromatic carbocycles. The van der Waals surface area contributed by atoms with Crippen LogP contribution < -0.4 is 68.8 Å². The minimum atomic E-state index is -1.45. The van der Waals surface area contributed by atoms with E-state index in [0.29, 0.717) is 11.1 Å². The second-order valence-corrected chi connectivity index (χ2v) is 32.0. The van der Waals surface area contributed by atoms with Gasteiger partial charge in [0.25, 0.3) is 11.4 Å². The number of nitro benzene ring substituents is 2. The summed E-state index contributed by atoms with van der Waals surface area (Å²) in [5, 5.41) is 45.9. The lowest BCUT2D eigenvalue weighted by Gasteiger charge is -2.26. The van der Waals surface area contributed by atoms with Crippen molar-refractivity contribution < 1.29 is 139 Å². The summed E-state index contributed by atoms with van der Waals surface area (Å²) in [7, 11) is 2.26. The van der Waals surface area contributed by atoms with Crippen LogP contribution in [0.15, 0.2) is 97.1 Å². The molecule has 0 fully saturated rings. The van der Waals surface area contributed by atoms with Gasteiger partial charge >= 0.3 is 36.3 Å². The molecule has 0 saturated heterocycles. The standard InChI is InChI=1S/C91H123N13O31/c1-58(2)82(75(106)51-62(14-12-41-95-88(92)117)84(113)98-65-23-18-60(19-24-65)53-132-90(119)134-72-31-27-68(28-32-72)103(121)122)101-86(115)64(22-36-80(111)125-5)50-70(105)38-44-129-55-67(97-77(108)39-45-127-48-49-128-47-43-94-79(110)57-131-71-16-10-8-7-9-11-17-71)56-130-46-40-78(109)100-74(35-37-81(112)126-6)87(116)102-83(59(3)4)76(107)52-63(15-13-42-96-89(93)118)85(114)99-66-25-20-61(21-26-66)54-133-91(120)135-73-33-29-69(30-34-73)104(123)124/h18-21,23-34,58-59,62-64,67,71,74,82-83H,7-10,12-16,22,35-57H2,1-6H3,(H,94,110)(H,97,108)(H,98,113)(H,99,114)(H,100,109)(H,101,115)(H,102,116)(H3,92,95,117)(H3,93,96,118)/t62-,63-,64-,67?,71?,74+,82+,83+/m1/s1. The number of methoxy groups -OCH3 is 2. The van der Waals surface area contributed by atoms with Gasteiger partial charge in [0.05, 0.1) is 95.0 Å². The van der Waals surface area contributed by atoms with Gasteiger partial charge < -0.3 is 111 Å². The molecule has 44 heteroatoms. The maximum absolute atomic E-state index is 14.4. The molecule has 5 rings (SSSR count). The summed E-state index contributed by atoms with van der Waals surface area (Å²) >= 11 is 0. The molecule has 11 amide bonds. The van der Waals surface area contributed by atoms with Gasteiger partial charge in [-0.05, 0) is 129 Å². The van der Waals surface area contributed by atoms with Crippen LogP contribution >= 0.6 is 0 Å². The van der Waals surface area contributed by atoms with Crippen LogP contribution in [0.5, 0.6) is 11.5 Å². The highest BCUT2D eigenvalue weighted by Crippen LogP contribution is 2.26. The zero-order valence-corrected chi connectivity index (χ0v) is 76.6. The number of carbonyl (C=O) groups is 16. The van der Waals surface area contributed by atoms with Crippen molar-refractivity contribution in [3.8, 4) is 23.3 Å². The average molecular weight is 1900 g/mol. The third-order valence-electron chi connectivity index (χ3n) is 20.6. The molecule has 13 N–H and O–H groups in total. The molecule has 135 heavy (non-hydrogen) atoms. The van der Waals surface area contributed by atoms with Crippen LogP contribution in [0, 0.1) is 61.7 Å². The van der Waals surface area contributed by atoms with Crippen molar-refractivity contribution in [1.29, 1.82) is 0 Å². The monoisotopic (exact) mass is 1890 g/mol. The van der Waals surface area contributed by atoms with E-state index < -0.39 is 178 Å². The van der Waals surface area contributed by atoms with Gasteiger partial charge in [-0.2, -0.15) is 0 Å². The maximum atomic E-state index is 14.4. The Balaban J connectivity index is 1.22. The molecule has 0 aliphatic heterocycles. The molecule has 2 unspecified atom stereocenters. The summed E-state index contributed by atoms with van der Waals surface area (Å²) in [5.74, 6) is -6.02. The number of anilines is 2. The van der Waals surface area contributed by atoms with E-state index in [1.165, 1.54) is 60.7 Å². The number of nitrogens with zero attached hydrogens (tertiary/aromatic N) is 2. The Morgan fingerprint density at radius 3 is 1.39 bits per heavy atom. The Hall–Kier alpha value is -13.6. The van der Waals surface area contributed by atoms with Gasteiger partial charge in [0.15, 0.2) is 11.6 Å². The van der Waals surface area contributed by atoms with Crippen molar-refractivity contribution in [2.75, 3.05) is 104 Å². The minimum Gasteiger partial charge on any atom is -0.469 e. The molecule has 8 atom stereocenters. The number of rotatable bonds is 64. The molecule has 0 heterocycles. The SMILES string of the molecule is COC(=O)CC[C@H](CC(=O)CCOCC(COCCC(=O)N[C@@H](CCC(=O)OC)C(=O)N[C@H](C(=O)C[C@@H](CCCNC(N)=O)C(=O)Nc1ccc(COC(=O)Oc2ccc([N+](=O)[O-])cc2)cc1)C(C)C)NC(=O)CCOCCOCCNC(=O)COC1C#CCCCCC1)C(=O)N[C@H](C(=O)C[C@@H](CCCNC(N)=O)C(=O)Nc1ccc(COC(=O)Oc2ccc([N+](=O)[O-])cc2)cc1)C(C)C. The number of nitro groups is 2. The molecule has 0 bridgehead atoms. The van der Waals surface area contributed by atoms with Crippen LogP contribution in [0.3, 0.4) is 0 Å². The van der Waals surface area contributed by atoms with Crippen LogP contribution in [-0.4, -0.2) is 228 Å². The highest BCUT2D eigenvalue weighted by molar-refractivity contribution is 6.00. The van der Waals surface area contributed by atoms with Crippen LogP contribution in [0.4, 0.5) is 41.9 Å². The Labute approximate surface area is 780 Å². The van der Waals surface area contributed by atoms with Crippen LogP contribution in [0.2, 0.25) is 0 Å². The molecule has 1 aliphatic rings. The number of benzene rings is 4. The second-order valence-electron chi connectivity index (χ2n) is 32.0. The van der Waals surface area contributed by atoms with Crippen molar-refractivity contribution in [1.82, 2.24) is 37.2 Å². The second kappa shape index (κ2) is 62.7. The fourth-order valence-electron chi connectivity index (χ4n) is 13.2. The first-order chi connectivity index (χ1) is 64.6. The number of nitrogens with two attached hydrogens (primary N) is 2. The molecule has 0 aromatic heterocycles. The first-order valence-electron chi connectivity index (χ1n) is 44.2. The molecule has 44 nitrogen and oxygen atoms in total. The molecule has 738 valence electrons. The van der Waals surface area contributed by atoms with E-state index >= 15 is 0 Å². The minimum absolute atomic E-state index is 0.000633.